The van der Waals surface area contributed by atoms with E-state index in [-0.39, 0.29) is 17.0 Å². The van der Waals surface area contributed by atoms with Gasteiger partial charge in [-0.1, -0.05) is 104 Å². The fourth-order valence-corrected chi connectivity index (χ4v) is 3.38. The summed E-state index contributed by atoms with van der Waals surface area (Å²) in [5.74, 6) is 0.342. The normalized spacial score (nSPS) is 10.1. The van der Waals surface area contributed by atoms with Crippen molar-refractivity contribution in [3.8, 4) is 0 Å². The highest BCUT2D eigenvalue weighted by Gasteiger charge is 2.08. The number of carbonyl (C=O) groups excluding carboxylic acids is 1. The van der Waals surface area contributed by atoms with E-state index in [1.54, 1.807) is 0 Å². The molecule has 0 radical (unpaired) electrons. The van der Waals surface area contributed by atoms with Crippen molar-refractivity contribution in [2.24, 2.45) is 5.73 Å². The zero-order valence-corrected chi connectivity index (χ0v) is 22.2. The van der Waals surface area contributed by atoms with E-state index in [1.807, 2.05) is 4.90 Å². The van der Waals surface area contributed by atoms with Gasteiger partial charge in [-0.3, -0.25) is 4.79 Å². The molecule has 0 aromatic rings. The number of rotatable bonds is 19. The predicted molar refractivity (Wildman–Crippen MR) is 137 cm³/mol. The monoisotopic (exact) mass is 478 g/mol. The fourth-order valence-electron chi connectivity index (χ4n) is 3.38. The van der Waals surface area contributed by atoms with Crippen LogP contribution >= 0.6 is 17.0 Å². The topological polar surface area (TPSA) is 46.3 Å². The molecule has 0 aliphatic carbocycles. The van der Waals surface area contributed by atoms with Crippen molar-refractivity contribution in [3.63, 3.8) is 0 Å². The van der Waals surface area contributed by atoms with Crippen molar-refractivity contribution in [2.45, 2.75) is 137 Å². The highest BCUT2D eigenvalue weighted by molar-refractivity contribution is 8.93. The minimum absolute atomic E-state index is 0. The standard InChI is InChI=1S/C22H45NO.C3H9N.BrH/c1-4-7-8-9-10-11-12-13-14-15-16-17-18-19-20-21-22(24)23(5-2)6-3;1-2-3-4;/h4-21H2,1-3H3;2-4H2,1H3;1H. The third-order valence-corrected chi connectivity index (χ3v) is 5.40. The van der Waals surface area contributed by atoms with Gasteiger partial charge in [0.15, 0.2) is 0 Å². The molecule has 0 aliphatic heterocycles. The number of halogens is 1. The van der Waals surface area contributed by atoms with Gasteiger partial charge in [0.25, 0.3) is 0 Å². The first-order chi connectivity index (χ1) is 13.7. The molecular formula is C25H55BrN2O. The summed E-state index contributed by atoms with van der Waals surface area (Å²) >= 11 is 0. The van der Waals surface area contributed by atoms with Crippen molar-refractivity contribution in [2.75, 3.05) is 19.6 Å². The second-order valence-electron chi connectivity index (χ2n) is 8.05. The van der Waals surface area contributed by atoms with Crippen molar-refractivity contribution < 1.29 is 4.79 Å². The van der Waals surface area contributed by atoms with Gasteiger partial charge in [-0.25, -0.2) is 0 Å². The summed E-state index contributed by atoms with van der Waals surface area (Å²) in [6.07, 6.45) is 22.5. The van der Waals surface area contributed by atoms with Crippen LogP contribution in [0.1, 0.15) is 137 Å². The van der Waals surface area contributed by atoms with Gasteiger partial charge in [0, 0.05) is 19.5 Å². The van der Waals surface area contributed by atoms with Gasteiger partial charge in [0.2, 0.25) is 5.91 Å². The minimum atomic E-state index is 0. The Morgan fingerprint density at radius 1 is 0.586 bits per heavy atom. The molecule has 0 bridgehead atoms. The Bertz CT molecular complexity index is 295. The zero-order chi connectivity index (χ0) is 21.3. The molecule has 0 fully saturated rings. The van der Waals surface area contributed by atoms with Crippen LogP contribution in [0, 0.1) is 0 Å². The van der Waals surface area contributed by atoms with Crippen molar-refractivity contribution in [1.82, 2.24) is 4.90 Å². The number of amides is 1. The maximum atomic E-state index is 11.9. The highest BCUT2D eigenvalue weighted by atomic mass is 79.9. The predicted octanol–water partition coefficient (Wildman–Crippen LogP) is 8.05. The van der Waals surface area contributed by atoms with Gasteiger partial charge in [-0.15, -0.1) is 17.0 Å². The van der Waals surface area contributed by atoms with Crippen LogP contribution in [0.4, 0.5) is 0 Å². The maximum absolute atomic E-state index is 11.9. The molecule has 0 heterocycles. The summed E-state index contributed by atoms with van der Waals surface area (Å²) in [4.78, 5) is 13.8. The van der Waals surface area contributed by atoms with E-state index in [0.717, 1.165) is 38.9 Å². The van der Waals surface area contributed by atoms with E-state index in [9.17, 15) is 4.79 Å². The van der Waals surface area contributed by atoms with Crippen LogP contribution in [0.2, 0.25) is 0 Å². The van der Waals surface area contributed by atoms with Gasteiger partial charge < -0.3 is 10.6 Å². The Labute approximate surface area is 194 Å². The molecule has 0 aliphatic rings. The Morgan fingerprint density at radius 2 is 0.897 bits per heavy atom. The summed E-state index contributed by atoms with van der Waals surface area (Å²) in [5.41, 5.74) is 5.03. The first kappa shape index (κ1) is 33.5. The van der Waals surface area contributed by atoms with E-state index < -0.39 is 0 Å². The molecule has 29 heavy (non-hydrogen) atoms. The number of nitrogens with two attached hydrogens (primary N) is 1. The second kappa shape index (κ2) is 30.1. The highest BCUT2D eigenvalue weighted by Crippen LogP contribution is 2.14. The van der Waals surface area contributed by atoms with Crippen molar-refractivity contribution in [1.29, 1.82) is 0 Å². The Morgan fingerprint density at radius 3 is 1.17 bits per heavy atom. The number of hydrogen-bond donors (Lipinski definition) is 1. The maximum Gasteiger partial charge on any atom is 0.222 e. The average Bonchev–Trinajstić information content (AvgIpc) is 2.72. The lowest BCUT2D eigenvalue weighted by Crippen LogP contribution is -2.30. The Kier molecular flexibility index (Phi) is 34.8. The van der Waals surface area contributed by atoms with Crippen LogP contribution in [-0.4, -0.2) is 30.4 Å². The summed E-state index contributed by atoms with van der Waals surface area (Å²) in [6.45, 7) is 11.0. The van der Waals surface area contributed by atoms with Gasteiger partial charge in [0.05, 0.1) is 0 Å². The largest absolute Gasteiger partial charge is 0.343 e. The van der Waals surface area contributed by atoms with Crippen LogP contribution in [0.3, 0.4) is 0 Å². The van der Waals surface area contributed by atoms with Crippen LogP contribution in [0.25, 0.3) is 0 Å². The van der Waals surface area contributed by atoms with E-state index in [2.05, 4.69) is 27.7 Å². The lowest BCUT2D eigenvalue weighted by molar-refractivity contribution is -0.130. The molecule has 0 saturated heterocycles. The third-order valence-electron chi connectivity index (χ3n) is 5.40. The Balaban J connectivity index is -0.00000123. The van der Waals surface area contributed by atoms with E-state index in [4.69, 9.17) is 5.73 Å². The molecule has 4 heteroatoms. The van der Waals surface area contributed by atoms with Crippen LogP contribution in [-0.2, 0) is 4.79 Å². The summed E-state index contributed by atoms with van der Waals surface area (Å²) in [5, 5.41) is 0. The van der Waals surface area contributed by atoms with Crippen molar-refractivity contribution >= 4 is 22.9 Å². The van der Waals surface area contributed by atoms with Crippen molar-refractivity contribution in [3.05, 3.63) is 0 Å². The molecule has 178 valence electrons. The number of nitrogens with zero attached hydrogens (tertiary/aromatic N) is 1. The van der Waals surface area contributed by atoms with Crippen LogP contribution in [0.5, 0.6) is 0 Å². The molecule has 0 rings (SSSR count). The van der Waals surface area contributed by atoms with Crippen LogP contribution < -0.4 is 5.73 Å². The number of unbranched alkanes of at least 4 members (excludes halogenated alkanes) is 14. The van der Waals surface area contributed by atoms with E-state index >= 15 is 0 Å². The SMILES string of the molecule is Br.CCCCCCCCCCCCCCCCCC(=O)N(CC)CC.CCCN. The number of hydrogen-bond acceptors (Lipinski definition) is 2. The van der Waals surface area contributed by atoms with Gasteiger partial charge in [-0.05, 0) is 33.2 Å². The minimum Gasteiger partial charge on any atom is -0.343 e. The molecule has 0 spiro atoms. The lowest BCUT2D eigenvalue weighted by atomic mass is 10.0. The number of carbonyl (C=O) groups is 1. The fraction of sp³-hybridized carbons (Fsp3) is 0.960. The summed E-state index contributed by atoms with van der Waals surface area (Å²) in [6, 6.07) is 0. The van der Waals surface area contributed by atoms with E-state index in [1.165, 1.54) is 89.9 Å². The molecule has 2 N–H and O–H groups in total. The zero-order valence-electron chi connectivity index (χ0n) is 20.5. The molecule has 1 amide bonds. The van der Waals surface area contributed by atoms with Gasteiger partial charge >= 0.3 is 0 Å². The summed E-state index contributed by atoms with van der Waals surface area (Å²) in [7, 11) is 0. The molecule has 0 aromatic heterocycles. The molecule has 0 saturated carbocycles. The average molecular weight is 480 g/mol. The second-order valence-corrected chi connectivity index (χ2v) is 8.05. The Hall–Kier alpha value is -0.0900. The van der Waals surface area contributed by atoms with Gasteiger partial charge in [0.1, 0.15) is 0 Å². The molecule has 0 aromatic carbocycles. The lowest BCUT2D eigenvalue weighted by Gasteiger charge is -2.18. The first-order valence-corrected chi connectivity index (χ1v) is 12.7. The van der Waals surface area contributed by atoms with Gasteiger partial charge in [-0.2, -0.15) is 0 Å². The molecule has 0 atom stereocenters. The third kappa shape index (κ3) is 27.9. The van der Waals surface area contributed by atoms with Crippen LogP contribution in [0.15, 0.2) is 0 Å². The first-order valence-electron chi connectivity index (χ1n) is 12.7. The molecular weight excluding hydrogens is 424 g/mol. The quantitative estimate of drug-likeness (QED) is 0.191. The van der Waals surface area contributed by atoms with E-state index in [0.29, 0.717) is 5.91 Å². The summed E-state index contributed by atoms with van der Waals surface area (Å²) < 4.78 is 0. The molecule has 3 nitrogen and oxygen atoms in total. The smallest absolute Gasteiger partial charge is 0.222 e. The molecule has 0 unspecified atom stereocenters.